The maximum atomic E-state index is 13.0. The average molecular weight is 403 g/mol. The maximum absolute atomic E-state index is 13.0. The van der Waals surface area contributed by atoms with Gasteiger partial charge in [0.2, 0.25) is 10.0 Å². The monoisotopic (exact) mass is 402 g/mol. The van der Waals surface area contributed by atoms with Crippen LogP contribution in [0.1, 0.15) is 35.7 Å². The van der Waals surface area contributed by atoms with E-state index in [9.17, 15) is 13.2 Å². The van der Waals surface area contributed by atoms with Crippen molar-refractivity contribution in [3.05, 3.63) is 59.7 Å². The molecule has 7 heteroatoms. The van der Waals surface area contributed by atoms with Gasteiger partial charge in [0.05, 0.1) is 23.7 Å². The number of hydrogen-bond acceptors (Lipinski definition) is 4. The van der Waals surface area contributed by atoms with E-state index in [4.69, 9.17) is 4.74 Å². The normalized spacial score (nSPS) is 15.3. The molecule has 1 aliphatic rings. The van der Waals surface area contributed by atoms with Gasteiger partial charge >= 0.3 is 0 Å². The molecule has 0 aliphatic carbocycles. The summed E-state index contributed by atoms with van der Waals surface area (Å²) in [5, 5.41) is 2.81. The van der Waals surface area contributed by atoms with Gasteiger partial charge in [0, 0.05) is 18.8 Å². The average Bonchev–Trinajstić information content (AvgIpc) is 2.74. The minimum atomic E-state index is -3.75. The number of carbonyl (C=O) groups is 1. The van der Waals surface area contributed by atoms with Crippen molar-refractivity contribution in [3.63, 3.8) is 0 Å². The first kappa shape index (κ1) is 20.5. The third-order valence-electron chi connectivity index (χ3n) is 4.75. The highest BCUT2D eigenvalue weighted by Gasteiger charge is 2.30. The van der Waals surface area contributed by atoms with Gasteiger partial charge in [0.1, 0.15) is 0 Å². The molecule has 2 aromatic carbocycles. The quantitative estimate of drug-likeness (QED) is 0.771. The first-order valence-corrected chi connectivity index (χ1v) is 11.0. The Hall–Kier alpha value is -2.22. The topological polar surface area (TPSA) is 75.7 Å². The SMILES string of the molecule is CCCCc1ccc(NC(=O)c2ccccc2S(=O)(=O)N2CCOCC2)cc1. The summed E-state index contributed by atoms with van der Waals surface area (Å²) >= 11 is 0. The lowest BCUT2D eigenvalue weighted by Crippen LogP contribution is -2.41. The second-order valence-corrected chi connectivity index (χ2v) is 8.67. The molecule has 0 saturated carbocycles. The molecular formula is C21H26N2O4S. The van der Waals surface area contributed by atoms with E-state index < -0.39 is 15.9 Å². The van der Waals surface area contributed by atoms with Crippen molar-refractivity contribution in [3.8, 4) is 0 Å². The number of amides is 1. The minimum absolute atomic E-state index is 0.0222. The summed E-state index contributed by atoms with van der Waals surface area (Å²) in [6, 6.07) is 14.0. The van der Waals surface area contributed by atoms with E-state index >= 15 is 0 Å². The van der Waals surface area contributed by atoms with Crippen LogP contribution in [-0.2, 0) is 21.2 Å². The van der Waals surface area contributed by atoms with Crippen LogP contribution in [0, 0.1) is 0 Å². The lowest BCUT2D eigenvalue weighted by atomic mass is 10.1. The first-order chi connectivity index (χ1) is 13.5. The number of morpholine rings is 1. The van der Waals surface area contributed by atoms with Crippen LogP contribution in [-0.4, -0.2) is 44.9 Å². The van der Waals surface area contributed by atoms with Gasteiger partial charge in [-0.05, 0) is 42.7 Å². The van der Waals surface area contributed by atoms with Crippen molar-refractivity contribution in [1.82, 2.24) is 4.31 Å². The molecule has 0 radical (unpaired) electrons. The van der Waals surface area contributed by atoms with Crippen LogP contribution in [0.5, 0.6) is 0 Å². The number of anilines is 1. The lowest BCUT2D eigenvalue weighted by molar-refractivity contribution is 0.0730. The third kappa shape index (κ3) is 4.79. The Bertz CT molecular complexity index is 904. The van der Waals surface area contributed by atoms with Gasteiger partial charge in [-0.25, -0.2) is 8.42 Å². The van der Waals surface area contributed by atoms with Crippen molar-refractivity contribution in [2.45, 2.75) is 31.1 Å². The molecule has 0 unspecified atom stereocenters. The van der Waals surface area contributed by atoms with Crippen LogP contribution in [0.15, 0.2) is 53.4 Å². The fourth-order valence-corrected chi connectivity index (χ4v) is 4.74. The number of aryl methyl sites for hydroxylation is 1. The van der Waals surface area contributed by atoms with E-state index in [1.165, 1.54) is 22.0 Å². The Labute approximate surface area is 166 Å². The fraction of sp³-hybridized carbons (Fsp3) is 0.381. The van der Waals surface area contributed by atoms with E-state index in [1.54, 1.807) is 12.1 Å². The van der Waals surface area contributed by atoms with Gasteiger partial charge in [0.15, 0.2) is 0 Å². The Kier molecular flexibility index (Phi) is 6.83. The van der Waals surface area contributed by atoms with Gasteiger partial charge in [-0.1, -0.05) is 37.6 Å². The molecule has 0 atom stereocenters. The second kappa shape index (κ2) is 9.32. The summed E-state index contributed by atoms with van der Waals surface area (Å²) in [4.78, 5) is 12.8. The molecule has 150 valence electrons. The molecule has 6 nitrogen and oxygen atoms in total. The zero-order chi connectivity index (χ0) is 20.0. The molecule has 1 N–H and O–H groups in total. The molecule has 1 amide bonds. The number of benzene rings is 2. The Morgan fingerprint density at radius 1 is 1.07 bits per heavy atom. The van der Waals surface area contributed by atoms with E-state index in [0.717, 1.165) is 19.3 Å². The van der Waals surface area contributed by atoms with Crippen LogP contribution in [0.3, 0.4) is 0 Å². The van der Waals surface area contributed by atoms with Crippen LogP contribution < -0.4 is 5.32 Å². The molecule has 1 saturated heterocycles. The lowest BCUT2D eigenvalue weighted by Gasteiger charge is -2.26. The predicted molar refractivity (Wildman–Crippen MR) is 109 cm³/mol. The van der Waals surface area contributed by atoms with E-state index in [0.29, 0.717) is 18.9 Å². The number of nitrogens with one attached hydrogen (secondary N) is 1. The van der Waals surface area contributed by atoms with Crippen molar-refractivity contribution < 1.29 is 17.9 Å². The van der Waals surface area contributed by atoms with Gasteiger partial charge in [0.25, 0.3) is 5.91 Å². The third-order valence-corrected chi connectivity index (χ3v) is 6.71. The largest absolute Gasteiger partial charge is 0.379 e. The number of carbonyl (C=O) groups excluding carboxylic acids is 1. The molecule has 1 fully saturated rings. The molecular weight excluding hydrogens is 376 g/mol. The summed E-state index contributed by atoms with van der Waals surface area (Å²) in [6.45, 7) is 3.45. The van der Waals surface area contributed by atoms with E-state index in [-0.39, 0.29) is 23.5 Å². The zero-order valence-electron chi connectivity index (χ0n) is 16.1. The van der Waals surface area contributed by atoms with Crippen LogP contribution in [0.25, 0.3) is 0 Å². The van der Waals surface area contributed by atoms with Crippen LogP contribution in [0.4, 0.5) is 5.69 Å². The van der Waals surface area contributed by atoms with Crippen molar-refractivity contribution >= 4 is 21.6 Å². The first-order valence-electron chi connectivity index (χ1n) is 9.59. The number of unbranched alkanes of at least 4 members (excludes halogenated alkanes) is 1. The van der Waals surface area contributed by atoms with Crippen LogP contribution in [0.2, 0.25) is 0 Å². The Morgan fingerprint density at radius 3 is 2.43 bits per heavy atom. The number of nitrogens with zero attached hydrogens (tertiary/aromatic N) is 1. The standard InChI is InChI=1S/C21H26N2O4S/c1-2-3-6-17-9-11-18(12-10-17)22-21(24)19-7-4-5-8-20(19)28(25,26)23-13-15-27-16-14-23/h4-5,7-12H,2-3,6,13-16H2,1H3,(H,22,24). The van der Waals surface area contributed by atoms with E-state index in [1.807, 2.05) is 24.3 Å². The summed E-state index contributed by atoms with van der Waals surface area (Å²) < 4.78 is 32.6. The molecule has 0 spiro atoms. The van der Waals surface area contributed by atoms with Crippen molar-refractivity contribution in [2.24, 2.45) is 0 Å². The Balaban J connectivity index is 1.79. The molecule has 0 aromatic heterocycles. The minimum Gasteiger partial charge on any atom is -0.379 e. The molecule has 1 heterocycles. The molecule has 3 rings (SSSR count). The number of rotatable bonds is 7. The highest BCUT2D eigenvalue weighted by molar-refractivity contribution is 7.89. The van der Waals surface area contributed by atoms with Gasteiger partial charge in [-0.2, -0.15) is 4.31 Å². The molecule has 2 aromatic rings. The number of sulfonamides is 1. The number of ether oxygens (including phenoxy) is 1. The molecule has 1 aliphatic heterocycles. The summed E-state index contributed by atoms with van der Waals surface area (Å²) in [5.41, 5.74) is 2.00. The maximum Gasteiger partial charge on any atom is 0.257 e. The molecule has 0 bridgehead atoms. The Morgan fingerprint density at radius 2 is 1.75 bits per heavy atom. The van der Waals surface area contributed by atoms with Gasteiger partial charge < -0.3 is 10.1 Å². The number of hydrogen-bond donors (Lipinski definition) is 1. The second-order valence-electron chi connectivity index (χ2n) is 6.77. The highest BCUT2D eigenvalue weighted by Crippen LogP contribution is 2.22. The van der Waals surface area contributed by atoms with Crippen molar-refractivity contribution in [2.75, 3.05) is 31.6 Å². The summed E-state index contributed by atoms with van der Waals surface area (Å²) in [5.74, 6) is -0.436. The highest BCUT2D eigenvalue weighted by atomic mass is 32.2. The van der Waals surface area contributed by atoms with Crippen molar-refractivity contribution in [1.29, 1.82) is 0 Å². The zero-order valence-corrected chi connectivity index (χ0v) is 16.9. The predicted octanol–water partition coefficient (Wildman–Crippen LogP) is 3.30. The van der Waals surface area contributed by atoms with Gasteiger partial charge in [-0.15, -0.1) is 0 Å². The smallest absolute Gasteiger partial charge is 0.257 e. The van der Waals surface area contributed by atoms with Gasteiger partial charge in [-0.3, -0.25) is 4.79 Å². The summed E-state index contributed by atoms with van der Waals surface area (Å²) in [7, 11) is -3.75. The van der Waals surface area contributed by atoms with Crippen LogP contribution >= 0.6 is 0 Å². The van der Waals surface area contributed by atoms with E-state index in [2.05, 4.69) is 12.2 Å². The molecule has 28 heavy (non-hydrogen) atoms. The summed E-state index contributed by atoms with van der Waals surface area (Å²) in [6.07, 6.45) is 3.26. The fourth-order valence-electron chi connectivity index (χ4n) is 3.14.